The first-order valence-electron chi connectivity index (χ1n) is 8.66. The van der Waals surface area contributed by atoms with Crippen LogP contribution in [0.25, 0.3) is 0 Å². The number of hydrogen-bond donors (Lipinski definition) is 1. The van der Waals surface area contributed by atoms with Crippen LogP contribution in [0.15, 0.2) is 65.6 Å². The van der Waals surface area contributed by atoms with E-state index in [9.17, 15) is 19.7 Å². The molecule has 0 saturated carbocycles. The highest BCUT2D eigenvalue weighted by atomic mass is 16.6. The maximum absolute atomic E-state index is 12.7. The number of anilines is 1. The summed E-state index contributed by atoms with van der Waals surface area (Å²) >= 11 is 0. The van der Waals surface area contributed by atoms with E-state index < -0.39 is 16.4 Å². The molecule has 0 spiro atoms. The third-order valence-electron chi connectivity index (χ3n) is 4.22. The van der Waals surface area contributed by atoms with Gasteiger partial charge in [-0.2, -0.15) is 0 Å². The zero-order chi connectivity index (χ0) is 20.3. The van der Waals surface area contributed by atoms with E-state index in [2.05, 4.69) is 5.32 Å². The van der Waals surface area contributed by atoms with Crippen molar-refractivity contribution in [3.8, 4) is 0 Å². The Hall–Kier alpha value is -3.74. The molecule has 1 N–H and O–H groups in total. The van der Waals surface area contributed by atoms with Gasteiger partial charge in [-0.15, -0.1) is 0 Å². The van der Waals surface area contributed by atoms with E-state index in [0.29, 0.717) is 11.3 Å². The molecule has 1 heterocycles. The van der Waals surface area contributed by atoms with Crippen molar-refractivity contribution < 1.29 is 9.72 Å². The summed E-state index contributed by atoms with van der Waals surface area (Å²) in [6.45, 7) is 3.99. The van der Waals surface area contributed by atoms with E-state index in [-0.39, 0.29) is 17.8 Å². The monoisotopic (exact) mass is 377 g/mol. The first kappa shape index (κ1) is 19.0. The molecule has 0 radical (unpaired) electrons. The predicted molar refractivity (Wildman–Crippen MR) is 107 cm³/mol. The van der Waals surface area contributed by atoms with Gasteiger partial charge in [-0.1, -0.05) is 18.2 Å². The van der Waals surface area contributed by atoms with Crippen molar-refractivity contribution in [2.45, 2.75) is 20.4 Å². The van der Waals surface area contributed by atoms with Crippen LogP contribution < -0.4 is 10.9 Å². The van der Waals surface area contributed by atoms with Gasteiger partial charge in [0.1, 0.15) is 5.56 Å². The lowest BCUT2D eigenvalue weighted by Gasteiger charge is -2.10. The van der Waals surface area contributed by atoms with Crippen molar-refractivity contribution in [1.29, 1.82) is 0 Å². The van der Waals surface area contributed by atoms with Crippen molar-refractivity contribution in [2.24, 2.45) is 0 Å². The van der Waals surface area contributed by atoms with Gasteiger partial charge in [0.05, 0.1) is 11.5 Å². The second-order valence-corrected chi connectivity index (χ2v) is 6.61. The van der Waals surface area contributed by atoms with Crippen molar-refractivity contribution in [2.75, 3.05) is 5.32 Å². The molecule has 142 valence electrons. The summed E-state index contributed by atoms with van der Waals surface area (Å²) < 4.78 is 1.36. The van der Waals surface area contributed by atoms with E-state index in [1.54, 1.807) is 24.4 Å². The number of nitrogens with zero attached hydrogens (tertiary/aromatic N) is 2. The van der Waals surface area contributed by atoms with E-state index in [0.717, 1.165) is 11.1 Å². The number of nitro benzene ring substituents is 1. The maximum Gasteiger partial charge on any atom is 0.269 e. The second-order valence-electron chi connectivity index (χ2n) is 6.61. The van der Waals surface area contributed by atoms with E-state index in [1.165, 1.54) is 22.8 Å². The van der Waals surface area contributed by atoms with Gasteiger partial charge in [-0.25, -0.2) is 0 Å². The fourth-order valence-electron chi connectivity index (χ4n) is 3.04. The number of benzene rings is 2. The summed E-state index contributed by atoms with van der Waals surface area (Å²) in [5.74, 6) is -0.497. The lowest BCUT2D eigenvalue weighted by Crippen LogP contribution is -2.29. The quantitative estimate of drug-likeness (QED) is 0.542. The fourth-order valence-corrected chi connectivity index (χ4v) is 3.04. The topological polar surface area (TPSA) is 94.2 Å². The molecule has 0 fully saturated rings. The number of hydrogen-bond acceptors (Lipinski definition) is 4. The summed E-state index contributed by atoms with van der Waals surface area (Å²) in [6, 6.07) is 14.8. The van der Waals surface area contributed by atoms with Crippen molar-refractivity contribution in [1.82, 2.24) is 4.57 Å². The number of amides is 1. The molecular formula is C21H19N3O4. The third-order valence-corrected chi connectivity index (χ3v) is 4.22. The van der Waals surface area contributed by atoms with E-state index in [1.807, 2.05) is 32.0 Å². The average Bonchev–Trinajstić information content (AvgIpc) is 2.62. The van der Waals surface area contributed by atoms with Gasteiger partial charge in [0.25, 0.3) is 17.2 Å². The van der Waals surface area contributed by atoms with Crippen LogP contribution in [0.1, 0.15) is 27.0 Å². The van der Waals surface area contributed by atoms with Crippen LogP contribution >= 0.6 is 0 Å². The summed E-state index contributed by atoms with van der Waals surface area (Å²) in [4.78, 5) is 35.8. The number of carbonyl (C=O) groups is 1. The second kappa shape index (κ2) is 7.87. The molecule has 28 heavy (non-hydrogen) atoms. The Morgan fingerprint density at radius 2 is 1.79 bits per heavy atom. The molecule has 0 aliphatic rings. The Kier molecular flexibility index (Phi) is 5.35. The van der Waals surface area contributed by atoms with Crippen LogP contribution in [-0.2, 0) is 6.54 Å². The van der Waals surface area contributed by atoms with Gasteiger partial charge >= 0.3 is 0 Å². The van der Waals surface area contributed by atoms with Crippen molar-refractivity contribution in [3.05, 3.63) is 104 Å². The Morgan fingerprint density at radius 3 is 2.46 bits per heavy atom. The van der Waals surface area contributed by atoms with Crippen LogP contribution in [0.2, 0.25) is 0 Å². The molecule has 0 saturated heterocycles. The van der Waals surface area contributed by atoms with Gasteiger partial charge in [-0.05, 0) is 54.8 Å². The number of non-ortho nitro benzene ring substituents is 1. The molecule has 3 aromatic rings. The molecule has 1 amide bonds. The van der Waals surface area contributed by atoms with Crippen molar-refractivity contribution in [3.63, 3.8) is 0 Å². The minimum absolute atomic E-state index is 0.00656. The number of nitrogens with one attached hydrogen (secondary N) is 1. The Bertz CT molecular complexity index is 1100. The summed E-state index contributed by atoms with van der Waals surface area (Å²) in [5, 5.41) is 13.7. The van der Waals surface area contributed by atoms with Crippen LogP contribution in [0.4, 0.5) is 11.4 Å². The zero-order valence-corrected chi connectivity index (χ0v) is 15.5. The van der Waals surface area contributed by atoms with Gasteiger partial charge in [0, 0.05) is 24.0 Å². The summed E-state index contributed by atoms with van der Waals surface area (Å²) in [5.41, 5.74) is 2.73. The van der Waals surface area contributed by atoms with Crippen LogP contribution in [0.5, 0.6) is 0 Å². The lowest BCUT2D eigenvalue weighted by molar-refractivity contribution is -0.384. The van der Waals surface area contributed by atoms with Crippen molar-refractivity contribution >= 4 is 17.3 Å². The highest BCUT2D eigenvalue weighted by Gasteiger charge is 2.14. The molecule has 0 unspecified atom stereocenters. The first-order valence-corrected chi connectivity index (χ1v) is 8.66. The van der Waals surface area contributed by atoms with Crippen LogP contribution in [0.3, 0.4) is 0 Å². The predicted octanol–water partition coefficient (Wildman–Crippen LogP) is 3.67. The Balaban J connectivity index is 1.86. The average molecular weight is 377 g/mol. The fraction of sp³-hybridized carbons (Fsp3) is 0.143. The highest BCUT2D eigenvalue weighted by Crippen LogP contribution is 2.15. The minimum atomic E-state index is -0.497. The SMILES string of the molecule is Cc1cc(C)cc(NC(=O)c2cccn(Cc3cccc([N+](=O)[O-])c3)c2=O)c1. The minimum Gasteiger partial charge on any atom is -0.322 e. The highest BCUT2D eigenvalue weighted by molar-refractivity contribution is 6.04. The van der Waals surface area contributed by atoms with Gasteiger partial charge in [-0.3, -0.25) is 19.7 Å². The molecule has 7 nitrogen and oxygen atoms in total. The smallest absolute Gasteiger partial charge is 0.269 e. The number of rotatable bonds is 5. The molecule has 0 atom stereocenters. The van der Waals surface area contributed by atoms with Crippen LogP contribution in [0, 0.1) is 24.0 Å². The van der Waals surface area contributed by atoms with Gasteiger partial charge < -0.3 is 9.88 Å². The summed E-state index contributed by atoms with van der Waals surface area (Å²) in [6.07, 6.45) is 1.55. The number of aromatic nitrogens is 1. The number of carbonyl (C=O) groups excluding carboxylic acids is 1. The Labute approximate surface area is 161 Å². The standard InChI is InChI=1S/C21H19N3O4/c1-14-9-15(2)11-17(10-14)22-20(25)19-7-4-8-23(21(19)26)13-16-5-3-6-18(12-16)24(27)28/h3-12H,13H2,1-2H3,(H,22,25). The maximum atomic E-state index is 12.7. The number of aryl methyl sites for hydroxylation is 2. The third kappa shape index (κ3) is 4.32. The lowest BCUT2D eigenvalue weighted by atomic mass is 10.1. The largest absolute Gasteiger partial charge is 0.322 e. The van der Waals surface area contributed by atoms with Gasteiger partial charge in [0.2, 0.25) is 0 Å². The molecule has 7 heteroatoms. The molecule has 0 aliphatic carbocycles. The normalized spacial score (nSPS) is 10.5. The molecule has 0 aliphatic heterocycles. The van der Waals surface area contributed by atoms with E-state index in [4.69, 9.17) is 0 Å². The number of pyridine rings is 1. The Morgan fingerprint density at radius 1 is 1.07 bits per heavy atom. The van der Waals surface area contributed by atoms with E-state index >= 15 is 0 Å². The molecule has 0 bridgehead atoms. The summed E-state index contributed by atoms with van der Waals surface area (Å²) in [7, 11) is 0. The molecule has 2 aromatic carbocycles. The first-order chi connectivity index (χ1) is 13.3. The van der Waals surface area contributed by atoms with Crippen LogP contribution in [-0.4, -0.2) is 15.4 Å². The molecule has 3 rings (SSSR count). The zero-order valence-electron chi connectivity index (χ0n) is 15.5. The molecule has 1 aromatic heterocycles. The number of nitro groups is 1. The van der Waals surface area contributed by atoms with Gasteiger partial charge in [0.15, 0.2) is 0 Å². The molecular weight excluding hydrogens is 358 g/mol.